The second kappa shape index (κ2) is 8.23. The van der Waals surface area contributed by atoms with E-state index in [0.717, 1.165) is 12.8 Å². The number of nitrogens with zero attached hydrogens (tertiary/aromatic N) is 8. The summed E-state index contributed by atoms with van der Waals surface area (Å²) < 4.78 is 65.2. The third kappa shape index (κ3) is 3.88. The molecule has 0 bridgehead atoms. The van der Waals surface area contributed by atoms with Crippen LogP contribution in [0.5, 0.6) is 0 Å². The van der Waals surface area contributed by atoms with E-state index in [1.165, 1.54) is 27.8 Å². The standard InChI is InChI=1S/C20H20F3N9O3S/c1-12-5-13(6-12)17(33)28-18-27-15-3-4-25-16(32(15)29-18)14-7-26-31(8-14)19(9-24-2)10-30(11-19)36(34,35)20(21,22)23/h3-4,7-8,12-13H,5-6,9-11H2,1H3,(H,28,29,33). The van der Waals surface area contributed by atoms with Crippen LogP contribution in [0.15, 0.2) is 24.7 Å². The number of anilines is 1. The van der Waals surface area contributed by atoms with Gasteiger partial charge in [0, 0.05) is 37.5 Å². The fraction of sp³-hybridized carbons (Fsp3) is 0.500. The van der Waals surface area contributed by atoms with Crippen LogP contribution >= 0.6 is 0 Å². The Hall–Kier alpha value is -3.58. The van der Waals surface area contributed by atoms with Crippen LogP contribution in [0.1, 0.15) is 19.8 Å². The molecule has 0 unspecified atom stereocenters. The monoisotopic (exact) mass is 523 g/mol. The smallest absolute Gasteiger partial charge is 0.314 e. The molecule has 4 heterocycles. The Labute approximate surface area is 203 Å². The van der Waals surface area contributed by atoms with Crippen molar-refractivity contribution >= 4 is 27.5 Å². The lowest BCUT2D eigenvalue weighted by molar-refractivity contribution is -0.123. The van der Waals surface area contributed by atoms with E-state index >= 15 is 0 Å². The number of nitrogens with one attached hydrogen (secondary N) is 1. The molecule has 3 aromatic heterocycles. The first-order chi connectivity index (χ1) is 16.9. The van der Waals surface area contributed by atoms with Crippen molar-refractivity contribution in [3.05, 3.63) is 36.1 Å². The molecule has 36 heavy (non-hydrogen) atoms. The normalized spacial score (nSPS) is 22.0. The van der Waals surface area contributed by atoms with Crippen LogP contribution in [0.25, 0.3) is 21.9 Å². The number of alkyl halides is 3. The lowest BCUT2D eigenvalue weighted by atomic mass is 9.76. The fourth-order valence-electron chi connectivity index (χ4n) is 4.48. The molecule has 0 atom stereocenters. The molecule has 5 rings (SSSR count). The summed E-state index contributed by atoms with van der Waals surface area (Å²) >= 11 is 0. The van der Waals surface area contributed by atoms with E-state index in [9.17, 15) is 26.4 Å². The molecule has 2 aliphatic rings. The second-order valence-corrected chi connectivity index (χ2v) is 11.1. The summed E-state index contributed by atoms with van der Waals surface area (Å²) in [6, 6.07) is 1.59. The van der Waals surface area contributed by atoms with Gasteiger partial charge in [0.1, 0.15) is 0 Å². The van der Waals surface area contributed by atoms with Gasteiger partial charge in [0.15, 0.2) is 17.0 Å². The first kappa shape index (κ1) is 24.1. The minimum atomic E-state index is -5.51. The van der Waals surface area contributed by atoms with E-state index in [-0.39, 0.29) is 28.6 Å². The van der Waals surface area contributed by atoms with Crippen molar-refractivity contribution in [3.8, 4) is 11.4 Å². The van der Waals surface area contributed by atoms with Gasteiger partial charge in [-0.15, -0.1) is 5.10 Å². The van der Waals surface area contributed by atoms with Crippen LogP contribution in [-0.2, 0) is 20.4 Å². The van der Waals surface area contributed by atoms with Crippen molar-refractivity contribution in [2.24, 2.45) is 11.8 Å². The molecule has 190 valence electrons. The summed E-state index contributed by atoms with van der Waals surface area (Å²) in [5.41, 5.74) is -5.87. The van der Waals surface area contributed by atoms with Gasteiger partial charge < -0.3 is 4.85 Å². The average Bonchev–Trinajstić information content (AvgIpc) is 3.39. The number of halogens is 3. The zero-order valence-electron chi connectivity index (χ0n) is 18.8. The van der Waals surface area contributed by atoms with Crippen molar-refractivity contribution in [2.75, 3.05) is 25.0 Å². The van der Waals surface area contributed by atoms with Crippen molar-refractivity contribution in [2.45, 2.75) is 30.8 Å². The van der Waals surface area contributed by atoms with Gasteiger partial charge in [-0.2, -0.15) is 32.1 Å². The summed E-state index contributed by atoms with van der Waals surface area (Å²) in [6.45, 7) is 7.92. The molecular formula is C20H20F3N9O3S. The molecule has 1 saturated carbocycles. The summed E-state index contributed by atoms with van der Waals surface area (Å²) in [4.78, 5) is 24.3. The molecule has 16 heteroatoms. The van der Waals surface area contributed by atoms with E-state index in [0.29, 0.717) is 23.0 Å². The summed E-state index contributed by atoms with van der Waals surface area (Å²) in [5, 5.41) is 11.2. The first-order valence-electron chi connectivity index (χ1n) is 10.9. The Morgan fingerprint density at radius 2 is 2.06 bits per heavy atom. The Kier molecular flexibility index (Phi) is 5.52. The van der Waals surface area contributed by atoms with E-state index in [4.69, 9.17) is 6.57 Å². The van der Waals surface area contributed by atoms with E-state index in [1.807, 2.05) is 0 Å². The number of carbonyl (C=O) groups is 1. The third-order valence-electron chi connectivity index (χ3n) is 6.51. The minimum Gasteiger partial charge on any atom is -0.314 e. The number of fused-ring (bicyclic) bond motifs is 1. The Bertz CT molecular complexity index is 1480. The number of carbonyl (C=O) groups excluding carboxylic acids is 1. The number of rotatable bonds is 6. The molecule has 12 nitrogen and oxygen atoms in total. The molecule has 1 amide bonds. The topological polar surface area (TPSA) is 132 Å². The summed E-state index contributed by atoms with van der Waals surface area (Å²) in [5.74, 6) is 0.670. The fourth-order valence-corrected chi connectivity index (χ4v) is 5.60. The highest BCUT2D eigenvalue weighted by Crippen LogP contribution is 2.38. The SMILES string of the molecule is [C-]#[N+]CC1(n2cc(-c3nccc4nc(NC(=O)C5CC(C)C5)nn34)cn2)CN(S(=O)(=O)C(F)(F)F)C1. The molecule has 0 aromatic carbocycles. The van der Waals surface area contributed by atoms with Gasteiger partial charge in [-0.05, 0) is 18.8 Å². The maximum atomic E-state index is 12.9. The van der Waals surface area contributed by atoms with Gasteiger partial charge in [0.25, 0.3) is 0 Å². The molecule has 1 saturated heterocycles. The lowest BCUT2D eigenvalue weighted by Gasteiger charge is -2.45. The van der Waals surface area contributed by atoms with Crippen LogP contribution in [0.3, 0.4) is 0 Å². The number of hydrogen-bond acceptors (Lipinski definition) is 7. The average molecular weight is 524 g/mol. The number of sulfonamides is 1. The third-order valence-corrected chi connectivity index (χ3v) is 8.03. The molecule has 1 aliphatic heterocycles. The van der Waals surface area contributed by atoms with Crippen LogP contribution in [0, 0.1) is 18.4 Å². The number of hydrogen-bond donors (Lipinski definition) is 1. The van der Waals surface area contributed by atoms with Crippen molar-refractivity contribution in [3.63, 3.8) is 0 Å². The van der Waals surface area contributed by atoms with Crippen molar-refractivity contribution in [1.29, 1.82) is 0 Å². The molecule has 1 N–H and O–H groups in total. The molecule has 0 radical (unpaired) electrons. The summed E-state index contributed by atoms with van der Waals surface area (Å²) in [6.07, 6.45) is 5.95. The van der Waals surface area contributed by atoms with Gasteiger partial charge in [-0.1, -0.05) is 6.92 Å². The summed E-state index contributed by atoms with van der Waals surface area (Å²) in [7, 11) is -5.51. The molecule has 1 aliphatic carbocycles. The maximum absolute atomic E-state index is 12.9. The predicted molar refractivity (Wildman–Crippen MR) is 119 cm³/mol. The van der Waals surface area contributed by atoms with E-state index in [2.05, 4.69) is 37.3 Å². The van der Waals surface area contributed by atoms with Crippen LogP contribution in [0.2, 0.25) is 0 Å². The Morgan fingerprint density at radius 1 is 1.33 bits per heavy atom. The lowest BCUT2D eigenvalue weighted by Crippen LogP contribution is -2.67. The van der Waals surface area contributed by atoms with Gasteiger partial charge in [0.2, 0.25) is 18.4 Å². The first-order valence-corrected chi connectivity index (χ1v) is 12.4. The zero-order chi connectivity index (χ0) is 25.9. The van der Waals surface area contributed by atoms with E-state index < -0.39 is 34.2 Å². The van der Waals surface area contributed by atoms with Gasteiger partial charge in [-0.3, -0.25) is 14.8 Å². The molecule has 3 aromatic rings. The largest absolute Gasteiger partial charge is 0.511 e. The van der Waals surface area contributed by atoms with Gasteiger partial charge in [0.05, 0.1) is 11.8 Å². The van der Waals surface area contributed by atoms with Crippen LogP contribution in [0.4, 0.5) is 19.1 Å². The van der Waals surface area contributed by atoms with Crippen molar-refractivity contribution in [1.82, 2.24) is 33.7 Å². The predicted octanol–water partition coefficient (Wildman–Crippen LogP) is 1.75. The number of amides is 1. The Balaban J connectivity index is 1.40. The second-order valence-electron chi connectivity index (χ2n) is 9.17. The maximum Gasteiger partial charge on any atom is 0.511 e. The Morgan fingerprint density at radius 3 is 2.69 bits per heavy atom. The highest BCUT2D eigenvalue weighted by Gasteiger charge is 2.60. The molecule has 0 spiro atoms. The zero-order valence-corrected chi connectivity index (χ0v) is 19.7. The van der Waals surface area contributed by atoms with Crippen LogP contribution < -0.4 is 5.32 Å². The molecule has 2 fully saturated rings. The highest BCUT2D eigenvalue weighted by atomic mass is 32.2. The minimum absolute atomic E-state index is 0.0794. The highest BCUT2D eigenvalue weighted by molar-refractivity contribution is 7.90. The van der Waals surface area contributed by atoms with Crippen LogP contribution in [-0.4, -0.2) is 73.1 Å². The van der Waals surface area contributed by atoms with E-state index in [1.54, 1.807) is 6.07 Å². The van der Waals surface area contributed by atoms with Crippen molar-refractivity contribution < 1.29 is 26.4 Å². The molecular weight excluding hydrogens is 503 g/mol. The van der Waals surface area contributed by atoms with Gasteiger partial charge in [-0.25, -0.2) is 20.0 Å². The number of aromatic nitrogens is 6. The quantitative estimate of drug-likeness (QED) is 0.487. The van der Waals surface area contributed by atoms with Gasteiger partial charge >= 0.3 is 15.5 Å².